The molecule has 0 saturated carbocycles. The van der Waals surface area contributed by atoms with Gasteiger partial charge in [-0.3, -0.25) is 4.79 Å². The minimum Gasteiger partial charge on any atom is -0.340 e. The second kappa shape index (κ2) is 5.90. The minimum atomic E-state index is 0.139. The van der Waals surface area contributed by atoms with E-state index in [2.05, 4.69) is 55.7 Å². The Bertz CT molecular complexity index is 495. The van der Waals surface area contributed by atoms with Crippen LogP contribution < -0.4 is 0 Å². The first-order chi connectivity index (χ1) is 9.31. The van der Waals surface area contributed by atoms with Gasteiger partial charge < -0.3 is 14.4 Å². The Hall–Kier alpha value is -0.810. The zero-order valence-electron chi connectivity index (χ0n) is 12.9. The van der Waals surface area contributed by atoms with Gasteiger partial charge in [-0.15, -0.1) is 0 Å². The van der Waals surface area contributed by atoms with E-state index in [-0.39, 0.29) is 11.9 Å². The van der Waals surface area contributed by atoms with Crippen LogP contribution in [0.1, 0.15) is 37.3 Å². The molecule has 2 atom stereocenters. The highest BCUT2D eigenvalue weighted by Gasteiger charge is 2.35. The number of carbonyl (C=O) groups excluding carboxylic acids is 1. The van der Waals surface area contributed by atoms with Gasteiger partial charge in [0.25, 0.3) is 5.91 Å². The highest BCUT2D eigenvalue weighted by molar-refractivity contribution is 9.10. The van der Waals surface area contributed by atoms with Crippen LogP contribution in [0.5, 0.6) is 0 Å². The van der Waals surface area contributed by atoms with Crippen molar-refractivity contribution in [3.8, 4) is 0 Å². The fraction of sp³-hybridized carbons (Fsp3) is 0.667. The highest BCUT2D eigenvalue weighted by atomic mass is 79.9. The summed E-state index contributed by atoms with van der Waals surface area (Å²) in [6.45, 7) is 8.06. The zero-order valence-corrected chi connectivity index (χ0v) is 14.5. The summed E-state index contributed by atoms with van der Waals surface area (Å²) in [5.74, 6) is 0.653. The molecule has 112 valence electrons. The maximum Gasteiger partial charge on any atom is 0.270 e. The minimum absolute atomic E-state index is 0.139. The lowest BCUT2D eigenvalue weighted by molar-refractivity contribution is 0.0769. The number of aromatic nitrogens is 1. The second-order valence-corrected chi connectivity index (χ2v) is 7.18. The topological polar surface area (TPSA) is 28.5 Å². The van der Waals surface area contributed by atoms with Crippen molar-refractivity contribution in [2.75, 3.05) is 27.2 Å². The van der Waals surface area contributed by atoms with Gasteiger partial charge in [-0.2, -0.15) is 0 Å². The summed E-state index contributed by atoms with van der Waals surface area (Å²) in [6, 6.07) is 2.66. The van der Waals surface area contributed by atoms with Crippen molar-refractivity contribution in [3.63, 3.8) is 0 Å². The number of amides is 1. The molecule has 2 heterocycles. The van der Waals surface area contributed by atoms with E-state index in [1.807, 2.05) is 21.7 Å². The van der Waals surface area contributed by atoms with Crippen LogP contribution in [-0.2, 0) is 0 Å². The van der Waals surface area contributed by atoms with Gasteiger partial charge >= 0.3 is 0 Å². The molecule has 0 radical (unpaired) electrons. The Morgan fingerprint density at radius 3 is 2.55 bits per heavy atom. The lowest BCUT2D eigenvalue weighted by atomic mass is 10.1. The molecule has 0 spiro atoms. The van der Waals surface area contributed by atoms with Crippen molar-refractivity contribution in [2.45, 2.75) is 32.9 Å². The van der Waals surface area contributed by atoms with Gasteiger partial charge in [-0.25, -0.2) is 0 Å². The van der Waals surface area contributed by atoms with Crippen LogP contribution in [0.2, 0.25) is 0 Å². The third-order valence-corrected chi connectivity index (χ3v) is 4.55. The first-order valence-electron chi connectivity index (χ1n) is 7.14. The van der Waals surface area contributed by atoms with Crippen molar-refractivity contribution in [1.29, 1.82) is 0 Å². The first-order valence-corrected chi connectivity index (χ1v) is 7.93. The van der Waals surface area contributed by atoms with Crippen LogP contribution in [0.4, 0.5) is 0 Å². The summed E-state index contributed by atoms with van der Waals surface area (Å²) in [5.41, 5.74) is 0.776. The van der Waals surface area contributed by atoms with Crippen LogP contribution in [0.15, 0.2) is 16.7 Å². The van der Waals surface area contributed by atoms with Crippen molar-refractivity contribution in [2.24, 2.45) is 5.92 Å². The van der Waals surface area contributed by atoms with Gasteiger partial charge in [0.15, 0.2) is 0 Å². The van der Waals surface area contributed by atoms with Crippen LogP contribution >= 0.6 is 15.9 Å². The third-order valence-electron chi connectivity index (χ3n) is 4.11. The summed E-state index contributed by atoms with van der Waals surface area (Å²) in [7, 11) is 4.17. The Kier molecular flexibility index (Phi) is 4.59. The molecule has 1 aliphatic rings. The Balaban J connectivity index is 2.21. The van der Waals surface area contributed by atoms with E-state index in [1.54, 1.807) is 0 Å². The van der Waals surface area contributed by atoms with Crippen molar-refractivity contribution in [3.05, 3.63) is 22.4 Å². The maximum absolute atomic E-state index is 12.8. The average Bonchev–Trinajstić information content (AvgIpc) is 2.91. The van der Waals surface area contributed by atoms with Crippen molar-refractivity contribution < 1.29 is 4.79 Å². The van der Waals surface area contributed by atoms with Crippen LogP contribution in [0.3, 0.4) is 0 Å². The predicted molar refractivity (Wildman–Crippen MR) is 85.1 cm³/mol. The Labute approximate surface area is 129 Å². The third kappa shape index (κ3) is 2.93. The lowest BCUT2D eigenvalue weighted by Crippen LogP contribution is -2.36. The van der Waals surface area contributed by atoms with E-state index in [4.69, 9.17) is 0 Å². The fourth-order valence-corrected chi connectivity index (χ4v) is 3.43. The lowest BCUT2D eigenvalue weighted by Gasteiger charge is -2.22. The number of carbonyl (C=O) groups is 1. The zero-order chi connectivity index (χ0) is 15.0. The monoisotopic (exact) mass is 341 g/mol. The molecule has 4 nitrogen and oxygen atoms in total. The quantitative estimate of drug-likeness (QED) is 0.845. The van der Waals surface area contributed by atoms with Gasteiger partial charge in [0.05, 0.1) is 0 Å². The molecule has 1 aromatic rings. The van der Waals surface area contributed by atoms with E-state index in [0.29, 0.717) is 12.0 Å². The Morgan fingerprint density at radius 1 is 1.40 bits per heavy atom. The number of hydrogen-bond donors (Lipinski definition) is 0. The molecule has 0 bridgehead atoms. The highest BCUT2D eigenvalue weighted by Crippen LogP contribution is 2.25. The van der Waals surface area contributed by atoms with E-state index in [0.717, 1.165) is 23.3 Å². The van der Waals surface area contributed by atoms with Crippen LogP contribution in [0, 0.1) is 5.92 Å². The molecular weight excluding hydrogens is 318 g/mol. The second-order valence-electron chi connectivity index (χ2n) is 6.26. The maximum atomic E-state index is 12.8. The summed E-state index contributed by atoms with van der Waals surface area (Å²) in [5, 5.41) is 0. The van der Waals surface area contributed by atoms with E-state index in [1.165, 1.54) is 0 Å². The summed E-state index contributed by atoms with van der Waals surface area (Å²) in [4.78, 5) is 17.0. The molecule has 0 unspecified atom stereocenters. The first kappa shape index (κ1) is 15.6. The van der Waals surface area contributed by atoms with E-state index < -0.39 is 0 Å². The Morgan fingerprint density at radius 2 is 2.05 bits per heavy atom. The average molecular weight is 342 g/mol. The van der Waals surface area contributed by atoms with Gasteiger partial charge in [-0.1, -0.05) is 6.92 Å². The molecule has 1 aliphatic heterocycles. The smallest absolute Gasteiger partial charge is 0.270 e. The number of likely N-dealkylation sites (tertiary alicyclic amines) is 1. The largest absolute Gasteiger partial charge is 0.340 e. The van der Waals surface area contributed by atoms with E-state index in [9.17, 15) is 4.79 Å². The fourth-order valence-electron chi connectivity index (χ4n) is 2.99. The van der Waals surface area contributed by atoms with Crippen LogP contribution in [0.25, 0.3) is 0 Å². The molecule has 1 saturated heterocycles. The number of halogens is 1. The normalized spacial score (nSPS) is 23.1. The number of nitrogens with zero attached hydrogens (tertiary/aromatic N) is 3. The molecule has 1 aromatic heterocycles. The molecule has 1 fully saturated rings. The van der Waals surface area contributed by atoms with Gasteiger partial charge in [0.2, 0.25) is 0 Å². The number of rotatable bonds is 3. The SMILES string of the molecule is CC(C)n1cc(Br)cc1C(=O)N1C[C@H](C)[C@@H](N(C)C)C1. The summed E-state index contributed by atoms with van der Waals surface area (Å²) >= 11 is 3.48. The molecule has 0 aliphatic carbocycles. The molecule has 2 rings (SSSR count). The number of hydrogen-bond acceptors (Lipinski definition) is 2. The van der Waals surface area contributed by atoms with Gasteiger partial charge in [0, 0.05) is 35.8 Å². The van der Waals surface area contributed by atoms with E-state index >= 15 is 0 Å². The van der Waals surface area contributed by atoms with Gasteiger partial charge in [-0.05, 0) is 55.9 Å². The van der Waals surface area contributed by atoms with Crippen LogP contribution in [-0.4, -0.2) is 53.5 Å². The summed E-state index contributed by atoms with van der Waals surface area (Å²) in [6.07, 6.45) is 1.99. The summed E-state index contributed by atoms with van der Waals surface area (Å²) < 4.78 is 3.01. The molecule has 1 amide bonds. The molecule has 0 N–H and O–H groups in total. The predicted octanol–water partition coefficient (Wildman–Crippen LogP) is 2.85. The van der Waals surface area contributed by atoms with Crippen molar-refractivity contribution in [1.82, 2.24) is 14.4 Å². The molecule has 20 heavy (non-hydrogen) atoms. The molecular formula is C15H24BrN3O. The van der Waals surface area contributed by atoms with Crippen molar-refractivity contribution >= 4 is 21.8 Å². The standard InChI is InChI=1S/C15H24BrN3O/c1-10(2)19-8-12(16)6-13(19)15(20)18-7-11(3)14(9-18)17(4)5/h6,8,10-11,14H,7,9H2,1-5H3/t11-,14-/m0/s1. The van der Waals surface area contributed by atoms with Gasteiger partial charge in [0.1, 0.15) is 5.69 Å². The molecule has 0 aromatic carbocycles. The molecule has 5 heteroatoms. The number of likely N-dealkylation sites (N-methyl/N-ethyl adjacent to an activating group) is 1.